The van der Waals surface area contributed by atoms with Crippen molar-refractivity contribution in [1.29, 1.82) is 0 Å². The quantitative estimate of drug-likeness (QED) is 0.415. The van der Waals surface area contributed by atoms with E-state index in [0.29, 0.717) is 50.3 Å². The number of hydrogen-bond donors (Lipinski definition) is 2. The van der Waals surface area contributed by atoms with Crippen LogP contribution in [0.4, 0.5) is 5.13 Å². The molecule has 2 bridgehead atoms. The van der Waals surface area contributed by atoms with Crippen molar-refractivity contribution < 1.29 is 24.5 Å². The van der Waals surface area contributed by atoms with Gasteiger partial charge in [0.2, 0.25) is 0 Å². The first-order valence-corrected chi connectivity index (χ1v) is 15.0. The molecule has 3 fully saturated rings. The van der Waals surface area contributed by atoms with Gasteiger partial charge in [-0.05, 0) is 73.9 Å². The number of aryl methyl sites for hydroxylation is 2. The minimum absolute atomic E-state index is 0.0255. The van der Waals surface area contributed by atoms with Gasteiger partial charge in [-0.3, -0.25) is 4.79 Å². The van der Waals surface area contributed by atoms with E-state index in [0.717, 1.165) is 64.8 Å². The highest BCUT2D eigenvalue weighted by molar-refractivity contribution is 7.14. The summed E-state index contributed by atoms with van der Waals surface area (Å²) in [5.41, 5.74) is 5.74. The average molecular weight is 564 g/mol. The summed E-state index contributed by atoms with van der Waals surface area (Å²) in [6.07, 6.45) is 0.849. The largest absolute Gasteiger partial charge is 0.488 e. The van der Waals surface area contributed by atoms with Crippen molar-refractivity contribution in [1.82, 2.24) is 9.88 Å². The molecule has 2 saturated heterocycles. The molecular formula is C31H37N3O5S. The van der Waals surface area contributed by atoms with Gasteiger partial charge >= 0.3 is 0 Å². The van der Waals surface area contributed by atoms with Crippen LogP contribution in [0.3, 0.4) is 0 Å². The number of fused-ring (bicyclic) bond motifs is 2. The lowest BCUT2D eigenvalue weighted by Crippen LogP contribution is -2.46. The number of piperidine rings is 1. The van der Waals surface area contributed by atoms with E-state index in [4.69, 9.17) is 14.5 Å². The van der Waals surface area contributed by atoms with Gasteiger partial charge in [-0.25, -0.2) is 4.98 Å². The topological polar surface area (TPSA) is 95.4 Å². The number of carbonyl (C=O) groups excluding carboxylic acids is 1. The molecule has 2 aliphatic heterocycles. The zero-order chi connectivity index (χ0) is 27.8. The number of ether oxygens (including phenoxy) is 2. The van der Waals surface area contributed by atoms with Crippen molar-refractivity contribution in [2.75, 3.05) is 44.3 Å². The van der Waals surface area contributed by atoms with E-state index >= 15 is 0 Å². The van der Waals surface area contributed by atoms with Gasteiger partial charge in [0.1, 0.15) is 12.4 Å². The summed E-state index contributed by atoms with van der Waals surface area (Å²) in [5, 5.41) is 22.8. The predicted octanol–water partition coefficient (Wildman–Crippen LogP) is 4.25. The van der Waals surface area contributed by atoms with Gasteiger partial charge in [0, 0.05) is 48.6 Å². The molecule has 2 aromatic carbocycles. The molecular weight excluding hydrogens is 526 g/mol. The van der Waals surface area contributed by atoms with Gasteiger partial charge in [-0.1, -0.05) is 17.7 Å². The second-order valence-corrected chi connectivity index (χ2v) is 12.2. The summed E-state index contributed by atoms with van der Waals surface area (Å²) in [5.74, 6) is 1.38. The Balaban J connectivity index is 1.16. The van der Waals surface area contributed by atoms with Gasteiger partial charge < -0.3 is 29.5 Å². The standard InChI is InChI=1S/C31H37N3O5S/c1-19-3-8-27(39-17-24-7-4-21(14-20(24)2)29(35)33-9-11-38-12-10-33)25(13-19)26-18-40-31(32-26)34-15-22-5-6-23(16-34)28(22)30(36)37/h3-4,7-8,13-14,18,22-23,28,30,36-37H,5-6,9-12,15-17H2,1-2H3/t22-,23+,28+. The molecule has 2 N–H and O–H groups in total. The number of aromatic nitrogens is 1. The number of anilines is 1. The number of aliphatic hydroxyl groups excluding tert-OH is 1. The Hall–Kier alpha value is -2.98. The lowest BCUT2D eigenvalue weighted by molar-refractivity contribution is -0.109. The van der Waals surface area contributed by atoms with E-state index in [1.54, 1.807) is 11.3 Å². The smallest absolute Gasteiger partial charge is 0.254 e. The van der Waals surface area contributed by atoms with Crippen LogP contribution in [-0.4, -0.2) is 71.7 Å². The number of carbonyl (C=O) groups is 1. The van der Waals surface area contributed by atoms with Gasteiger partial charge in [-0.2, -0.15) is 0 Å². The van der Waals surface area contributed by atoms with Crippen molar-refractivity contribution in [3.63, 3.8) is 0 Å². The number of nitrogens with zero attached hydrogens (tertiary/aromatic N) is 3. The van der Waals surface area contributed by atoms with E-state index < -0.39 is 6.29 Å². The zero-order valence-electron chi connectivity index (χ0n) is 23.1. The number of benzene rings is 2. The minimum Gasteiger partial charge on any atom is -0.488 e. The van der Waals surface area contributed by atoms with Crippen LogP contribution < -0.4 is 9.64 Å². The Morgan fingerprint density at radius 2 is 1.85 bits per heavy atom. The summed E-state index contributed by atoms with van der Waals surface area (Å²) < 4.78 is 11.7. The number of rotatable bonds is 7. The van der Waals surface area contributed by atoms with E-state index in [1.807, 2.05) is 42.2 Å². The molecule has 3 heterocycles. The SMILES string of the molecule is Cc1ccc(OCc2ccc(C(=O)N3CCOCC3)cc2C)c(-c2csc(N3C[C@H]4CC[C@@H](C3)[C@H]4C(O)O)n2)c1. The molecule has 0 radical (unpaired) electrons. The van der Waals surface area contributed by atoms with Crippen molar-refractivity contribution in [3.8, 4) is 17.0 Å². The molecule has 0 spiro atoms. The van der Waals surface area contributed by atoms with Crippen LogP contribution in [0.15, 0.2) is 41.8 Å². The molecule has 1 saturated carbocycles. The molecule has 6 rings (SSSR count). The summed E-state index contributed by atoms with van der Waals surface area (Å²) >= 11 is 1.63. The third-order valence-electron chi connectivity index (χ3n) is 8.70. The lowest BCUT2D eigenvalue weighted by atomic mass is 9.85. The first-order valence-electron chi connectivity index (χ1n) is 14.1. The molecule has 3 aliphatic rings. The Bertz CT molecular complexity index is 1350. The van der Waals surface area contributed by atoms with Gasteiger partial charge in [0.25, 0.3) is 5.91 Å². The van der Waals surface area contributed by atoms with E-state index in [-0.39, 0.29) is 11.8 Å². The van der Waals surface area contributed by atoms with Crippen molar-refractivity contribution in [2.24, 2.45) is 17.8 Å². The maximum Gasteiger partial charge on any atom is 0.254 e. The maximum absolute atomic E-state index is 12.9. The van der Waals surface area contributed by atoms with E-state index in [9.17, 15) is 15.0 Å². The first-order chi connectivity index (χ1) is 19.4. The molecule has 0 unspecified atom stereocenters. The van der Waals surface area contributed by atoms with Crippen LogP contribution in [0.25, 0.3) is 11.3 Å². The molecule has 1 aliphatic carbocycles. The second kappa shape index (κ2) is 11.5. The molecule has 212 valence electrons. The number of thiazole rings is 1. The van der Waals surface area contributed by atoms with Crippen LogP contribution in [0, 0.1) is 31.6 Å². The zero-order valence-corrected chi connectivity index (χ0v) is 23.9. The maximum atomic E-state index is 12.9. The highest BCUT2D eigenvalue weighted by Gasteiger charge is 2.45. The summed E-state index contributed by atoms with van der Waals surface area (Å²) in [6, 6.07) is 12.0. The number of aliphatic hydroxyl groups is 2. The Labute approximate surface area is 239 Å². The van der Waals surface area contributed by atoms with Gasteiger partial charge in [0.15, 0.2) is 11.4 Å². The van der Waals surface area contributed by atoms with Crippen LogP contribution in [-0.2, 0) is 11.3 Å². The molecule has 3 atom stereocenters. The second-order valence-electron chi connectivity index (χ2n) is 11.3. The number of amides is 1. The summed E-state index contributed by atoms with van der Waals surface area (Å²) in [4.78, 5) is 22.1. The third-order valence-corrected chi connectivity index (χ3v) is 9.60. The van der Waals surface area contributed by atoms with Crippen molar-refractivity contribution in [2.45, 2.75) is 39.6 Å². The van der Waals surface area contributed by atoms with Gasteiger partial charge in [0.05, 0.1) is 18.9 Å². The normalized spacial score (nSPS) is 22.7. The summed E-state index contributed by atoms with van der Waals surface area (Å²) in [7, 11) is 0. The van der Waals surface area contributed by atoms with Crippen LogP contribution in [0.2, 0.25) is 0 Å². The Morgan fingerprint density at radius 3 is 2.55 bits per heavy atom. The predicted molar refractivity (Wildman–Crippen MR) is 155 cm³/mol. The van der Waals surface area contributed by atoms with E-state index in [1.165, 1.54) is 0 Å². The fourth-order valence-electron chi connectivity index (χ4n) is 6.51. The minimum atomic E-state index is -1.23. The van der Waals surface area contributed by atoms with Crippen molar-refractivity contribution in [3.05, 3.63) is 64.0 Å². The monoisotopic (exact) mass is 563 g/mol. The fraction of sp³-hybridized carbons (Fsp3) is 0.484. The average Bonchev–Trinajstić information content (AvgIpc) is 3.55. The third kappa shape index (κ3) is 5.48. The number of morpholine rings is 1. The summed E-state index contributed by atoms with van der Waals surface area (Å²) in [6.45, 7) is 8.53. The number of hydrogen-bond acceptors (Lipinski definition) is 8. The molecule has 8 nitrogen and oxygen atoms in total. The molecule has 9 heteroatoms. The highest BCUT2D eigenvalue weighted by Crippen LogP contribution is 2.45. The molecule has 3 aromatic rings. The van der Waals surface area contributed by atoms with Crippen molar-refractivity contribution >= 4 is 22.4 Å². The van der Waals surface area contributed by atoms with Crippen LogP contribution in [0.5, 0.6) is 5.75 Å². The van der Waals surface area contributed by atoms with Crippen LogP contribution in [0.1, 0.15) is 39.9 Å². The van der Waals surface area contributed by atoms with E-state index in [2.05, 4.69) is 23.3 Å². The van der Waals surface area contributed by atoms with Gasteiger partial charge in [-0.15, -0.1) is 11.3 Å². The molecule has 1 amide bonds. The first kappa shape index (κ1) is 27.2. The van der Waals surface area contributed by atoms with Crippen LogP contribution >= 0.6 is 11.3 Å². The Morgan fingerprint density at radius 1 is 1.10 bits per heavy atom. The lowest BCUT2D eigenvalue weighted by Gasteiger charge is -2.38. The fourth-order valence-corrected chi connectivity index (χ4v) is 7.35. The highest BCUT2D eigenvalue weighted by atomic mass is 32.1. The molecule has 40 heavy (non-hydrogen) atoms. The Kier molecular flexibility index (Phi) is 7.81. The molecule has 1 aromatic heterocycles.